The molecule has 0 aliphatic rings. The molecule has 0 bridgehead atoms. The molecule has 0 saturated carbocycles. The van der Waals surface area contributed by atoms with Gasteiger partial charge in [-0.3, -0.25) is 4.79 Å². The molecule has 2 rings (SSSR count). The highest BCUT2D eigenvalue weighted by molar-refractivity contribution is 5.79. The molecule has 0 heterocycles. The number of benzene rings is 2. The number of carbonyl (C=O) groups excluding carboxylic acids is 1. The molecule has 0 aromatic heterocycles. The number of carbonyl (C=O) groups is 1. The Kier molecular flexibility index (Phi) is 11.6. The van der Waals surface area contributed by atoms with E-state index < -0.39 is 0 Å². The van der Waals surface area contributed by atoms with Gasteiger partial charge in [0.1, 0.15) is 5.75 Å². The van der Waals surface area contributed by atoms with Crippen molar-refractivity contribution < 1.29 is 25.2 Å². The first kappa shape index (κ1) is 22.9. The summed E-state index contributed by atoms with van der Waals surface area (Å²) in [6.45, 7) is 10.1. The van der Waals surface area contributed by atoms with Crippen molar-refractivity contribution in [2.24, 2.45) is 0 Å². The van der Waals surface area contributed by atoms with Gasteiger partial charge in [0.25, 0.3) is 0 Å². The van der Waals surface area contributed by atoms with Crippen LogP contribution in [0.25, 0.3) is 11.1 Å². The van der Waals surface area contributed by atoms with Crippen molar-refractivity contribution in [3.63, 3.8) is 0 Å². The van der Waals surface area contributed by atoms with Crippen LogP contribution in [0.2, 0.25) is 0 Å². The van der Waals surface area contributed by atoms with Crippen LogP contribution >= 0.6 is 0 Å². The number of hydrogen-bond donors (Lipinski definition) is 3. The Morgan fingerprint density at radius 2 is 1.23 bits per heavy atom. The molecule has 0 spiro atoms. The van der Waals surface area contributed by atoms with Crippen molar-refractivity contribution in [2.45, 2.75) is 6.92 Å². The molecule has 2 aromatic rings. The van der Waals surface area contributed by atoms with Gasteiger partial charge in [0, 0.05) is 7.11 Å². The summed E-state index contributed by atoms with van der Waals surface area (Å²) in [6.07, 6.45) is 3.90. The van der Waals surface area contributed by atoms with Crippen molar-refractivity contribution in [2.75, 3.05) is 7.11 Å². The van der Waals surface area contributed by atoms with Gasteiger partial charge in [-0.2, -0.15) is 0 Å². The summed E-state index contributed by atoms with van der Waals surface area (Å²) < 4.78 is 0. The van der Waals surface area contributed by atoms with Crippen LogP contribution in [0, 0.1) is 6.92 Å². The van der Waals surface area contributed by atoms with Gasteiger partial charge in [-0.05, 0) is 41.3 Å². The molecule has 0 fully saturated rings. The lowest BCUT2D eigenvalue weighted by Gasteiger charge is -2.03. The van der Waals surface area contributed by atoms with E-state index in [9.17, 15) is 5.11 Å². The Balaban J connectivity index is 0.000000920. The second kappa shape index (κ2) is 13.2. The summed E-state index contributed by atoms with van der Waals surface area (Å²) in [6, 6.07) is 15.3. The van der Waals surface area contributed by atoms with Gasteiger partial charge in [-0.1, -0.05) is 67.3 Å². The molecular weight excluding hydrogens is 332 g/mol. The summed E-state index contributed by atoms with van der Waals surface area (Å²) in [7, 11) is 1.00. The Labute approximate surface area is 153 Å². The van der Waals surface area contributed by atoms with Crippen molar-refractivity contribution in [3.05, 3.63) is 90.5 Å². The van der Waals surface area contributed by atoms with Gasteiger partial charge in [0.05, 0.1) is 0 Å². The quantitative estimate of drug-likeness (QED) is 0.323. The van der Waals surface area contributed by atoms with Crippen molar-refractivity contribution in [1.82, 2.24) is 0 Å². The number of aliphatic hydroxyl groups excluding tert-OH is 1. The maximum atomic E-state index is 9.27. The summed E-state index contributed by atoms with van der Waals surface area (Å²) in [5.74, 6) is 0.259. The minimum Gasteiger partial charge on any atom is -0.508 e. The SMILES string of the molecule is C=C(/C=C\C(=C)c1ccc(O)cc1)c1ccc(C)cc1.CO.O=COO. The minimum atomic E-state index is -0.0694. The highest BCUT2D eigenvalue weighted by Gasteiger charge is 1.97. The molecule has 0 saturated heterocycles. The summed E-state index contributed by atoms with van der Waals surface area (Å²) in [5, 5.41) is 23.3. The van der Waals surface area contributed by atoms with Gasteiger partial charge >= 0.3 is 6.47 Å². The van der Waals surface area contributed by atoms with Gasteiger partial charge in [-0.15, -0.1) is 0 Å². The normalized spacial score (nSPS) is 9.23. The highest BCUT2D eigenvalue weighted by atomic mass is 17.1. The Morgan fingerprint density at radius 1 is 0.885 bits per heavy atom. The van der Waals surface area contributed by atoms with Crippen LogP contribution < -0.4 is 0 Å². The molecule has 0 aliphatic carbocycles. The molecule has 0 radical (unpaired) electrons. The van der Waals surface area contributed by atoms with Gasteiger partial charge in [-0.25, -0.2) is 5.26 Å². The molecule has 3 N–H and O–H groups in total. The number of phenols is 1. The lowest BCUT2D eigenvalue weighted by atomic mass is 10.0. The largest absolute Gasteiger partial charge is 0.508 e. The van der Waals surface area contributed by atoms with E-state index >= 15 is 0 Å². The Bertz CT molecular complexity index is 654. The summed E-state index contributed by atoms with van der Waals surface area (Å²) >= 11 is 0. The monoisotopic (exact) mass is 356 g/mol. The van der Waals surface area contributed by atoms with Crippen LogP contribution in [0.1, 0.15) is 16.7 Å². The van der Waals surface area contributed by atoms with Crippen LogP contribution in [-0.4, -0.2) is 29.1 Å². The first-order chi connectivity index (χ1) is 12.5. The van der Waals surface area contributed by atoms with Crippen LogP contribution in [0.5, 0.6) is 5.75 Å². The van der Waals surface area contributed by atoms with Crippen LogP contribution in [-0.2, 0) is 9.68 Å². The summed E-state index contributed by atoms with van der Waals surface area (Å²) in [4.78, 5) is 11.6. The second-order valence-corrected chi connectivity index (χ2v) is 5.00. The number of hydrogen-bond acceptors (Lipinski definition) is 5. The fourth-order valence-electron chi connectivity index (χ4n) is 1.84. The van der Waals surface area contributed by atoms with Crippen molar-refractivity contribution >= 4 is 17.6 Å². The van der Waals surface area contributed by atoms with E-state index in [0.29, 0.717) is 0 Å². The highest BCUT2D eigenvalue weighted by Crippen LogP contribution is 2.20. The number of aromatic hydroxyl groups is 1. The van der Waals surface area contributed by atoms with E-state index in [1.165, 1.54) is 5.56 Å². The molecular formula is C21H24O5. The summed E-state index contributed by atoms with van der Waals surface area (Å²) in [5.41, 5.74) is 5.16. The average molecular weight is 356 g/mol. The van der Waals surface area contributed by atoms with E-state index in [4.69, 9.17) is 15.2 Å². The predicted octanol–water partition coefficient (Wildman–Crippen LogP) is 4.22. The van der Waals surface area contributed by atoms with Crippen LogP contribution in [0.4, 0.5) is 0 Å². The van der Waals surface area contributed by atoms with Crippen molar-refractivity contribution in [3.8, 4) is 5.75 Å². The van der Waals surface area contributed by atoms with E-state index in [1.807, 2.05) is 24.3 Å². The zero-order chi connectivity index (χ0) is 19.9. The maximum Gasteiger partial charge on any atom is 0.330 e. The number of aryl methyl sites for hydroxylation is 1. The lowest BCUT2D eigenvalue weighted by molar-refractivity contribution is -0.217. The van der Waals surface area contributed by atoms with Gasteiger partial charge in [0.15, 0.2) is 0 Å². The Morgan fingerprint density at radius 3 is 1.58 bits per heavy atom. The van der Waals surface area contributed by atoms with Crippen molar-refractivity contribution in [1.29, 1.82) is 0 Å². The molecule has 5 nitrogen and oxygen atoms in total. The fourth-order valence-corrected chi connectivity index (χ4v) is 1.84. The average Bonchev–Trinajstić information content (AvgIpc) is 2.68. The zero-order valence-corrected chi connectivity index (χ0v) is 14.9. The third-order valence-electron chi connectivity index (χ3n) is 3.19. The second-order valence-electron chi connectivity index (χ2n) is 5.00. The molecule has 2 aromatic carbocycles. The molecule has 5 heteroatoms. The maximum absolute atomic E-state index is 9.27. The van der Waals surface area contributed by atoms with E-state index in [1.54, 1.807) is 12.1 Å². The molecule has 0 amide bonds. The van der Waals surface area contributed by atoms with Crippen LogP contribution in [0.15, 0.2) is 73.8 Å². The minimum absolute atomic E-state index is 0.0694. The lowest BCUT2D eigenvalue weighted by Crippen LogP contribution is -1.81. The smallest absolute Gasteiger partial charge is 0.330 e. The number of aliphatic hydroxyl groups is 1. The molecule has 26 heavy (non-hydrogen) atoms. The molecule has 0 unspecified atom stereocenters. The van der Waals surface area contributed by atoms with Crippen LogP contribution in [0.3, 0.4) is 0 Å². The first-order valence-electron chi connectivity index (χ1n) is 7.59. The number of allylic oxidation sites excluding steroid dienone is 4. The van der Waals surface area contributed by atoms with E-state index in [2.05, 4.69) is 49.2 Å². The Hall–Kier alpha value is -3.15. The number of rotatable bonds is 5. The molecule has 138 valence electrons. The predicted molar refractivity (Wildman–Crippen MR) is 104 cm³/mol. The van der Waals surface area contributed by atoms with Gasteiger partial charge in [0.2, 0.25) is 0 Å². The van der Waals surface area contributed by atoms with E-state index in [0.717, 1.165) is 29.4 Å². The zero-order valence-electron chi connectivity index (χ0n) is 14.9. The third kappa shape index (κ3) is 8.63. The fraction of sp³-hybridized carbons (Fsp3) is 0.0952. The third-order valence-corrected chi connectivity index (χ3v) is 3.19. The standard InChI is InChI=1S/C19H18O.CH2O3.CH4O/c1-14-4-8-17(9-5-14)15(2)6-7-16(3)18-10-12-19(20)13-11-18;2-1-4-3;1-2/h4-13,20H,2-3H2,1H3;1,3H;2H,1H3/b7-6-;;. The van der Waals surface area contributed by atoms with E-state index in [-0.39, 0.29) is 12.2 Å². The van der Waals surface area contributed by atoms with Gasteiger partial charge < -0.3 is 15.1 Å². The topological polar surface area (TPSA) is 87.0 Å². The molecule has 0 aliphatic heterocycles. The first-order valence-corrected chi connectivity index (χ1v) is 7.59. The number of phenolic OH excluding ortho intramolecular Hbond substituents is 1. The molecule has 0 atom stereocenters.